The molecule has 0 spiro atoms. The molecule has 2 aliphatic heterocycles. The van der Waals surface area contributed by atoms with E-state index < -0.39 is 23.8 Å². The lowest BCUT2D eigenvalue weighted by atomic mass is 9.58. The number of benzene rings is 1. The van der Waals surface area contributed by atoms with Gasteiger partial charge in [0.2, 0.25) is 11.8 Å². The van der Waals surface area contributed by atoms with E-state index in [4.69, 9.17) is 5.73 Å². The first-order valence-electron chi connectivity index (χ1n) is 10.0. The first kappa shape index (κ1) is 19.7. The number of carbonyl (C=O) groups excluding carboxylic acids is 4. The zero-order valence-corrected chi connectivity index (χ0v) is 16.7. The Morgan fingerprint density at radius 2 is 1.90 bits per heavy atom. The zero-order chi connectivity index (χ0) is 20.9. The minimum absolute atomic E-state index is 0.111. The minimum Gasteiger partial charge on any atom is -0.330 e. The molecule has 4 amide bonds. The molecule has 3 atom stereocenters. The van der Waals surface area contributed by atoms with Gasteiger partial charge in [-0.25, -0.2) is 0 Å². The van der Waals surface area contributed by atoms with Crippen molar-refractivity contribution < 1.29 is 19.2 Å². The van der Waals surface area contributed by atoms with Crippen molar-refractivity contribution in [2.75, 3.05) is 6.54 Å². The number of imide groups is 2. The van der Waals surface area contributed by atoms with Crippen LogP contribution < -0.4 is 16.4 Å². The van der Waals surface area contributed by atoms with Gasteiger partial charge in [0.1, 0.15) is 6.04 Å². The Hall–Kier alpha value is -2.58. The molecule has 154 valence electrons. The number of carbonyl (C=O) groups is 4. The SMILES string of the molecule is CC1(C)C(CN)CC1NCc1ccc2c(c1)C(=O)N(C1CCC(=O)NC1=O)C2=O. The Bertz CT molecular complexity index is 910. The maximum Gasteiger partial charge on any atom is 0.262 e. The predicted octanol–water partition coefficient (Wildman–Crippen LogP) is 0.551. The second kappa shape index (κ2) is 7.03. The molecule has 3 aliphatic rings. The maximum absolute atomic E-state index is 12.9. The molecule has 1 aromatic rings. The average Bonchev–Trinajstić information content (AvgIpc) is 2.92. The summed E-state index contributed by atoms with van der Waals surface area (Å²) in [6, 6.07) is 4.61. The average molecular weight is 398 g/mol. The molecule has 0 bridgehead atoms. The molecule has 0 radical (unpaired) electrons. The molecule has 1 saturated carbocycles. The Morgan fingerprint density at radius 3 is 2.55 bits per heavy atom. The molecule has 29 heavy (non-hydrogen) atoms. The van der Waals surface area contributed by atoms with Crippen LogP contribution in [0.1, 0.15) is 59.4 Å². The number of amides is 4. The third kappa shape index (κ3) is 3.16. The molecule has 8 heteroatoms. The Morgan fingerprint density at radius 1 is 1.17 bits per heavy atom. The molecule has 1 saturated heterocycles. The second-order valence-electron chi connectivity index (χ2n) is 8.75. The first-order valence-corrected chi connectivity index (χ1v) is 10.0. The van der Waals surface area contributed by atoms with E-state index in [1.807, 2.05) is 6.07 Å². The summed E-state index contributed by atoms with van der Waals surface area (Å²) in [6.45, 7) is 5.66. The highest BCUT2D eigenvalue weighted by Gasteiger charge is 2.47. The van der Waals surface area contributed by atoms with Crippen LogP contribution in [0.3, 0.4) is 0 Å². The van der Waals surface area contributed by atoms with Crippen LogP contribution in [0.15, 0.2) is 18.2 Å². The third-order valence-corrected chi connectivity index (χ3v) is 6.81. The van der Waals surface area contributed by atoms with E-state index in [2.05, 4.69) is 24.5 Å². The highest BCUT2D eigenvalue weighted by molar-refractivity contribution is 6.23. The van der Waals surface area contributed by atoms with Crippen molar-refractivity contribution in [3.8, 4) is 0 Å². The molecule has 1 aliphatic carbocycles. The monoisotopic (exact) mass is 398 g/mol. The summed E-state index contributed by atoms with van der Waals surface area (Å²) >= 11 is 0. The fraction of sp³-hybridized carbons (Fsp3) is 0.524. The lowest BCUT2D eigenvalue weighted by Crippen LogP contribution is -2.58. The molecule has 3 unspecified atom stereocenters. The summed E-state index contributed by atoms with van der Waals surface area (Å²) in [5.74, 6) is -1.44. The number of piperidine rings is 1. The molecule has 1 aromatic carbocycles. The number of hydrogen-bond donors (Lipinski definition) is 3. The largest absolute Gasteiger partial charge is 0.330 e. The fourth-order valence-electron chi connectivity index (χ4n) is 4.63. The third-order valence-electron chi connectivity index (χ3n) is 6.81. The molecular formula is C21H26N4O4. The van der Waals surface area contributed by atoms with Crippen LogP contribution in [0.2, 0.25) is 0 Å². The van der Waals surface area contributed by atoms with Crippen LogP contribution in [0.4, 0.5) is 0 Å². The number of rotatable bonds is 5. The van der Waals surface area contributed by atoms with Crippen LogP contribution >= 0.6 is 0 Å². The first-order chi connectivity index (χ1) is 13.7. The van der Waals surface area contributed by atoms with Crippen molar-refractivity contribution in [2.24, 2.45) is 17.1 Å². The Balaban J connectivity index is 1.47. The number of nitrogens with zero attached hydrogens (tertiary/aromatic N) is 1. The smallest absolute Gasteiger partial charge is 0.262 e. The van der Waals surface area contributed by atoms with Crippen LogP contribution in [-0.2, 0) is 16.1 Å². The summed E-state index contributed by atoms with van der Waals surface area (Å²) < 4.78 is 0. The van der Waals surface area contributed by atoms with E-state index >= 15 is 0 Å². The summed E-state index contributed by atoms with van der Waals surface area (Å²) in [4.78, 5) is 50.1. The Labute approximate surface area is 169 Å². The number of hydrogen-bond acceptors (Lipinski definition) is 6. The van der Waals surface area contributed by atoms with E-state index in [9.17, 15) is 19.2 Å². The normalized spacial score (nSPS) is 28.2. The van der Waals surface area contributed by atoms with Gasteiger partial charge in [0.05, 0.1) is 11.1 Å². The Kier molecular flexibility index (Phi) is 4.78. The van der Waals surface area contributed by atoms with Gasteiger partial charge in [-0.3, -0.25) is 29.4 Å². The summed E-state index contributed by atoms with van der Waals surface area (Å²) in [7, 11) is 0. The zero-order valence-electron chi connectivity index (χ0n) is 16.7. The van der Waals surface area contributed by atoms with Crippen molar-refractivity contribution >= 4 is 23.6 Å². The standard InChI is InChI=1S/C21H26N4O4/c1-21(2)12(9-22)8-16(21)23-10-11-3-4-13-14(7-11)20(29)25(19(13)28)15-5-6-17(26)24-18(15)27/h3-4,7,12,15-16,23H,5-6,8-10,22H2,1-2H3,(H,24,26,27). The van der Waals surface area contributed by atoms with Crippen molar-refractivity contribution in [1.29, 1.82) is 0 Å². The molecule has 4 N–H and O–H groups in total. The highest BCUT2D eigenvalue weighted by Crippen LogP contribution is 2.45. The van der Waals surface area contributed by atoms with E-state index in [0.717, 1.165) is 16.9 Å². The van der Waals surface area contributed by atoms with Gasteiger partial charge in [-0.15, -0.1) is 0 Å². The van der Waals surface area contributed by atoms with Crippen molar-refractivity contribution in [2.45, 2.75) is 51.7 Å². The van der Waals surface area contributed by atoms with Gasteiger partial charge in [0, 0.05) is 19.0 Å². The lowest BCUT2D eigenvalue weighted by molar-refractivity contribution is -0.136. The van der Waals surface area contributed by atoms with Crippen LogP contribution in [0, 0.1) is 11.3 Å². The van der Waals surface area contributed by atoms with Gasteiger partial charge in [-0.1, -0.05) is 19.9 Å². The van der Waals surface area contributed by atoms with Gasteiger partial charge >= 0.3 is 0 Å². The molecule has 2 heterocycles. The van der Waals surface area contributed by atoms with E-state index in [1.165, 1.54) is 0 Å². The van der Waals surface area contributed by atoms with E-state index in [1.54, 1.807) is 12.1 Å². The summed E-state index contributed by atoms with van der Waals surface area (Å²) in [5.41, 5.74) is 7.45. The summed E-state index contributed by atoms with van der Waals surface area (Å²) in [6.07, 6.45) is 1.29. The molecular weight excluding hydrogens is 372 g/mol. The lowest BCUT2D eigenvalue weighted by Gasteiger charge is -2.52. The molecule has 4 rings (SSSR count). The van der Waals surface area contributed by atoms with Crippen molar-refractivity contribution in [1.82, 2.24) is 15.5 Å². The summed E-state index contributed by atoms with van der Waals surface area (Å²) in [5, 5.41) is 5.73. The van der Waals surface area contributed by atoms with Crippen LogP contribution in [0.25, 0.3) is 0 Å². The van der Waals surface area contributed by atoms with Crippen LogP contribution in [-0.4, -0.2) is 47.2 Å². The predicted molar refractivity (Wildman–Crippen MR) is 105 cm³/mol. The number of nitrogens with two attached hydrogens (primary N) is 1. The fourth-order valence-corrected chi connectivity index (χ4v) is 4.63. The van der Waals surface area contributed by atoms with Gasteiger partial charge in [0.15, 0.2) is 0 Å². The van der Waals surface area contributed by atoms with Crippen LogP contribution in [0.5, 0.6) is 0 Å². The maximum atomic E-state index is 12.9. The van der Waals surface area contributed by atoms with E-state index in [-0.39, 0.29) is 24.2 Å². The van der Waals surface area contributed by atoms with Gasteiger partial charge < -0.3 is 11.1 Å². The minimum atomic E-state index is -0.939. The van der Waals surface area contributed by atoms with Crippen molar-refractivity contribution in [3.63, 3.8) is 0 Å². The topological polar surface area (TPSA) is 122 Å². The second-order valence-corrected chi connectivity index (χ2v) is 8.75. The van der Waals surface area contributed by atoms with Crippen molar-refractivity contribution in [3.05, 3.63) is 34.9 Å². The quantitative estimate of drug-likeness (QED) is 0.623. The number of fused-ring (bicyclic) bond motifs is 1. The molecule has 2 fully saturated rings. The van der Waals surface area contributed by atoms with Gasteiger partial charge in [-0.2, -0.15) is 0 Å². The number of nitrogens with one attached hydrogen (secondary N) is 2. The van der Waals surface area contributed by atoms with E-state index in [0.29, 0.717) is 36.2 Å². The van der Waals surface area contributed by atoms with Gasteiger partial charge in [-0.05, 0) is 48.4 Å². The van der Waals surface area contributed by atoms with Gasteiger partial charge in [0.25, 0.3) is 11.8 Å². The molecule has 0 aromatic heterocycles. The highest BCUT2D eigenvalue weighted by atomic mass is 16.2. The molecule has 8 nitrogen and oxygen atoms in total.